The van der Waals surface area contributed by atoms with Gasteiger partial charge in [0.25, 0.3) is 0 Å². The van der Waals surface area contributed by atoms with Crippen LogP contribution in [0.4, 0.5) is 17.1 Å². The zero-order valence-electron chi connectivity index (χ0n) is 36.0. The lowest BCUT2D eigenvalue weighted by molar-refractivity contribution is 0.347. The van der Waals surface area contributed by atoms with Crippen molar-refractivity contribution in [3.8, 4) is 33.4 Å². The van der Waals surface area contributed by atoms with Crippen molar-refractivity contribution < 1.29 is 0 Å². The lowest BCUT2D eigenvalue weighted by Gasteiger charge is -2.39. The van der Waals surface area contributed by atoms with Crippen LogP contribution in [0, 0.1) is 11.8 Å². The van der Waals surface area contributed by atoms with Crippen LogP contribution in [0.3, 0.4) is 0 Å². The summed E-state index contributed by atoms with van der Waals surface area (Å²) in [5, 5.41) is 0. The maximum Gasteiger partial charge on any atom is 0.0505 e. The third-order valence-corrected chi connectivity index (χ3v) is 15.5. The van der Waals surface area contributed by atoms with E-state index >= 15 is 0 Å². The SMILES string of the molecule is c1ccc(-c2ccccc2-c2ccc(N(c3ccc4c(c3)Cc3ccccc3-4)c3cccc4c3C35c6c(cccc6C(c6ccccc6)c6ccccc6)CC3CCC5C4)cc2)cc1. The molecular weight excluding hydrogens is 771 g/mol. The van der Waals surface area contributed by atoms with E-state index in [4.69, 9.17) is 0 Å². The molecule has 0 radical (unpaired) electrons. The molecule has 0 heterocycles. The summed E-state index contributed by atoms with van der Waals surface area (Å²) < 4.78 is 0. The molecule has 9 aromatic rings. The van der Waals surface area contributed by atoms with E-state index in [1.54, 1.807) is 16.7 Å². The minimum absolute atomic E-state index is 0.0839. The van der Waals surface area contributed by atoms with E-state index in [9.17, 15) is 0 Å². The molecule has 0 N–H and O–H groups in total. The van der Waals surface area contributed by atoms with Crippen LogP contribution in [0.5, 0.6) is 0 Å². The Bertz CT molecular complexity index is 3160. The fourth-order valence-electron chi connectivity index (χ4n) is 13.1. The topological polar surface area (TPSA) is 3.24 Å². The molecule has 13 rings (SSSR count). The predicted octanol–water partition coefficient (Wildman–Crippen LogP) is 15.7. The Morgan fingerprint density at radius 3 is 1.58 bits per heavy atom. The number of nitrogens with zero attached hydrogens (tertiary/aromatic N) is 1. The third-order valence-electron chi connectivity index (χ3n) is 15.5. The van der Waals surface area contributed by atoms with Gasteiger partial charge in [0.1, 0.15) is 0 Å². The molecule has 1 nitrogen and oxygen atoms in total. The number of hydrogen-bond acceptors (Lipinski definition) is 1. The minimum atomic E-state index is -0.0839. The molecule has 0 aromatic heterocycles. The molecule has 1 spiro atoms. The quantitative estimate of drug-likeness (QED) is 0.138. The summed E-state index contributed by atoms with van der Waals surface area (Å²) in [5.41, 5.74) is 24.6. The summed E-state index contributed by atoms with van der Waals surface area (Å²) in [6, 6.07) is 82.5. The molecule has 306 valence electrons. The van der Waals surface area contributed by atoms with Crippen LogP contribution in [0.15, 0.2) is 218 Å². The van der Waals surface area contributed by atoms with Gasteiger partial charge in [-0.1, -0.05) is 188 Å². The molecule has 0 bridgehead atoms. The van der Waals surface area contributed by atoms with Gasteiger partial charge in [0.15, 0.2) is 0 Å². The summed E-state index contributed by atoms with van der Waals surface area (Å²) in [5.74, 6) is 1.25. The fourth-order valence-corrected chi connectivity index (χ4v) is 13.1. The highest BCUT2D eigenvalue weighted by molar-refractivity contribution is 5.88. The van der Waals surface area contributed by atoms with Gasteiger partial charge < -0.3 is 4.90 Å². The molecular formula is C63H49N. The van der Waals surface area contributed by atoms with Crippen LogP contribution in [-0.4, -0.2) is 0 Å². The zero-order valence-corrected chi connectivity index (χ0v) is 36.0. The van der Waals surface area contributed by atoms with Crippen molar-refractivity contribution in [2.45, 2.75) is 43.4 Å². The van der Waals surface area contributed by atoms with Gasteiger partial charge in [0, 0.05) is 22.7 Å². The molecule has 64 heavy (non-hydrogen) atoms. The summed E-state index contributed by atoms with van der Waals surface area (Å²) in [6.45, 7) is 0. The van der Waals surface area contributed by atoms with E-state index in [0.29, 0.717) is 11.8 Å². The standard InChI is InChI=1S/C63H49N/c1-4-16-42(17-5-1)54-25-12-13-26-55(54)43-30-34-52(35-31-43)64(53-36-37-57-49(41-53)38-46-22-10-11-27-56(46)57)59-29-15-24-48-40-51-33-32-50-39-47-23-14-28-58(61(47)63(50,51)62(48)59)60(44-18-6-2-7-19-44)45-20-8-3-9-21-45/h1-31,34-37,41,50-51,60H,32-33,38-40H2. The second-order valence-corrected chi connectivity index (χ2v) is 18.7. The molecule has 1 fully saturated rings. The first-order valence-electron chi connectivity index (χ1n) is 23.3. The molecule has 1 heteroatoms. The Kier molecular flexibility index (Phi) is 8.73. The average Bonchev–Trinajstić information content (AvgIpc) is 4.10. The summed E-state index contributed by atoms with van der Waals surface area (Å²) in [4.78, 5) is 2.63. The van der Waals surface area contributed by atoms with Crippen molar-refractivity contribution in [1.82, 2.24) is 0 Å². The molecule has 1 saturated carbocycles. The van der Waals surface area contributed by atoms with Crippen LogP contribution >= 0.6 is 0 Å². The van der Waals surface area contributed by atoms with Crippen LogP contribution in [0.2, 0.25) is 0 Å². The second kappa shape index (κ2) is 15.0. The highest BCUT2D eigenvalue weighted by Gasteiger charge is 2.62. The maximum absolute atomic E-state index is 2.63. The van der Waals surface area contributed by atoms with Gasteiger partial charge in [-0.25, -0.2) is 0 Å². The molecule has 9 aromatic carbocycles. The Morgan fingerprint density at radius 1 is 0.391 bits per heavy atom. The second-order valence-electron chi connectivity index (χ2n) is 18.7. The van der Waals surface area contributed by atoms with Crippen molar-refractivity contribution in [3.63, 3.8) is 0 Å². The van der Waals surface area contributed by atoms with Gasteiger partial charge in [0.2, 0.25) is 0 Å². The van der Waals surface area contributed by atoms with Gasteiger partial charge in [-0.3, -0.25) is 0 Å². The van der Waals surface area contributed by atoms with Crippen molar-refractivity contribution in [3.05, 3.63) is 268 Å². The minimum Gasteiger partial charge on any atom is -0.310 e. The van der Waals surface area contributed by atoms with Crippen LogP contribution in [0.1, 0.15) is 68.8 Å². The number of anilines is 3. The summed E-state index contributed by atoms with van der Waals surface area (Å²) in [7, 11) is 0. The molecule has 0 saturated heterocycles. The first-order valence-corrected chi connectivity index (χ1v) is 23.3. The highest BCUT2D eigenvalue weighted by atomic mass is 15.1. The number of rotatable bonds is 8. The Hall–Kier alpha value is -7.22. The Morgan fingerprint density at radius 2 is 0.906 bits per heavy atom. The molecule has 4 aliphatic rings. The zero-order chi connectivity index (χ0) is 42.2. The summed E-state index contributed by atoms with van der Waals surface area (Å²) in [6.07, 6.45) is 5.75. The van der Waals surface area contributed by atoms with Crippen LogP contribution in [0.25, 0.3) is 33.4 Å². The number of fused-ring (bicyclic) bond motifs is 5. The van der Waals surface area contributed by atoms with E-state index in [1.807, 2.05) is 0 Å². The fraction of sp³-hybridized carbons (Fsp3) is 0.143. The molecule has 0 amide bonds. The molecule has 0 aliphatic heterocycles. The van der Waals surface area contributed by atoms with Crippen molar-refractivity contribution in [1.29, 1.82) is 0 Å². The molecule has 4 aliphatic carbocycles. The summed E-state index contributed by atoms with van der Waals surface area (Å²) >= 11 is 0. The number of hydrogen-bond donors (Lipinski definition) is 0. The van der Waals surface area contributed by atoms with E-state index < -0.39 is 0 Å². The van der Waals surface area contributed by atoms with E-state index in [-0.39, 0.29) is 11.3 Å². The van der Waals surface area contributed by atoms with Gasteiger partial charge in [-0.15, -0.1) is 0 Å². The largest absolute Gasteiger partial charge is 0.310 e. The smallest absolute Gasteiger partial charge is 0.0505 e. The van der Waals surface area contributed by atoms with Gasteiger partial charge >= 0.3 is 0 Å². The molecule has 3 atom stereocenters. The van der Waals surface area contributed by atoms with E-state index in [2.05, 4.69) is 223 Å². The van der Waals surface area contributed by atoms with E-state index in [0.717, 1.165) is 19.3 Å². The normalized spacial score (nSPS) is 18.5. The van der Waals surface area contributed by atoms with Crippen molar-refractivity contribution in [2.24, 2.45) is 11.8 Å². The number of benzene rings is 9. The van der Waals surface area contributed by atoms with Gasteiger partial charge in [-0.05, 0) is 158 Å². The van der Waals surface area contributed by atoms with Gasteiger partial charge in [0.05, 0.1) is 5.69 Å². The monoisotopic (exact) mass is 819 g/mol. The predicted molar refractivity (Wildman–Crippen MR) is 265 cm³/mol. The molecule has 3 unspecified atom stereocenters. The highest BCUT2D eigenvalue weighted by Crippen LogP contribution is 2.68. The van der Waals surface area contributed by atoms with Crippen molar-refractivity contribution >= 4 is 17.1 Å². The Balaban J connectivity index is 1.02. The van der Waals surface area contributed by atoms with Crippen LogP contribution < -0.4 is 4.90 Å². The lowest BCUT2D eigenvalue weighted by Crippen LogP contribution is -2.34. The first-order chi connectivity index (χ1) is 31.7. The van der Waals surface area contributed by atoms with Gasteiger partial charge in [-0.2, -0.15) is 0 Å². The lowest BCUT2D eigenvalue weighted by atomic mass is 9.66. The van der Waals surface area contributed by atoms with Crippen LogP contribution in [-0.2, 0) is 24.7 Å². The average molecular weight is 820 g/mol. The first kappa shape index (κ1) is 37.3. The van der Waals surface area contributed by atoms with Crippen molar-refractivity contribution in [2.75, 3.05) is 4.90 Å². The van der Waals surface area contributed by atoms with E-state index in [1.165, 1.54) is 96.7 Å². The third kappa shape index (κ3) is 5.70. The maximum atomic E-state index is 2.63. The Labute approximate surface area is 377 Å².